The van der Waals surface area contributed by atoms with Crippen LogP contribution in [-0.2, 0) is 8.23 Å². The molecule has 0 amide bonds. The fourth-order valence-electron chi connectivity index (χ4n) is 1.24. The molecule has 2 atom stereocenters. The molecule has 0 aliphatic rings. The van der Waals surface area contributed by atoms with Gasteiger partial charge in [-0.2, -0.15) is 9.90 Å². The fourth-order valence-corrected chi connectivity index (χ4v) is 12.0. The second kappa shape index (κ2) is 11.1. The van der Waals surface area contributed by atoms with Gasteiger partial charge in [-0.25, -0.2) is 0 Å². The van der Waals surface area contributed by atoms with Crippen LogP contribution in [0.15, 0.2) is 0 Å². The second-order valence-corrected chi connectivity index (χ2v) is 15.7. The third kappa shape index (κ3) is 17.4. The summed E-state index contributed by atoms with van der Waals surface area (Å²) in [5, 5.41) is 0. The van der Waals surface area contributed by atoms with E-state index in [1.165, 1.54) is 0 Å². The fraction of sp³-hybridized carbons (Fsp3) is 1.00. The van der Waals surface area contributed by atoms with Crippen molar-refractivity contribution in [2.45, 2.75) is 39.3 Å². The minimum absolute atomic E-state index is 0. The zero-order valence-electron chi connectivity index (χ0n) is 11.5. The molecule has 11 heteroatoms. The molecule has 0 bridgehead atoms. The molecule has 2 unspecified atom stereocenters. The molecule has 0 spiro atoms. The predicted molar refractivity (Wildman–Crippen MR) is 78.8 cm³/mol. The molecule has 17 heavy (non-hydrogen) atoms. The molecule has 0 heterocycles. The standard InChI is InChI=1S/C6H20NO3PSi3.H3P.2U/c1-12(2,7-11)9-14(5,6)10-13(3,4)8;;;/h11H2,1-6H3;1H3;;/q-2;;;. The first-order chi connectivity index (χ1) is 5.97. The first-order valence-electron chi connectivity index (χ1n) is 4.50. The number of rotatable bonds is 5. The van der Waals surface area contributed by atoms with Crippen LogP contribution in [0.25, 0.3) is 4.75 Å². The number of nitrogens with zero attached hydrogens (tertiary/aromatic N) is 1. The van der Waals surface area contributed by atoms with Crippen molar-refractivity contribution in [3.8, 4) is 0 Å². The summed E-state index contributed by atoms with van der Waals surface area (Å²) in [5.74, 6) is 0. The molecule has 0 aromatic carbocycles. The Morgan fingerprint density at radius 2 is 1.29 bits per heavy atom. The van der Waals surface area contributed by atoms with Crippen LogP contribution in [0.3, 0.4) is 0 Å². The molecule has 102 valence electrons. The average Bonchev–Trinajstić information content (AvgIpc) is 1.78. The largest absolute Gasteiger partial charge is 0.839 e. The van der Waals surface area contributed by atoms with Crippen molar-refractivity contribution in [1.29, 1.82) is 0 Å². The van der Waals surface area contributed by atoms with Crippen molar-refractivity contribution in [3.05, 3.63) is 4.75 Å². The summed E-state index contributed by atoms with van der Waals surface area (Å²) in [6.45, 7) is 11.1. The van der Waals surface area contributed by atoms with Gasteiger partial charge in [-0.15, -0.1) is 0 Å². The van der Waals surface area contributed by atoms with Crippen LogP contribution in [0.2, 0.25) is 39.3 Å². The molecule has 0 radical (unpaired) electrons. The Morgan fingerprint density at radius 3 is 1.53 bits per heavy atom. The molecule has 0 aromatic heterocycles. The van der Waals surface area contributed by atoms with Gasteiger partial charge >= 0.3 is 8.56 Å². The van der Waals surface area contributed by atoms with Crippen molar-refractivity contribution in [3.63, 3.8) is 0 Å². The molecule has 0 rings (SSSR count). The maximum atomic E-state index is 11.5. The summed E-state index contributed by atoms with van der Waals surface area (Å²) in [5.41, 5.74) is 0. The van der Waals surface area contributed by atoms with Crippen molar-refractivity contribution in [1.82, 2.24) is 0 Å². The summed E-state index contributed by atoms with van der Waals surface area (Å²) in [4.78, 5) is 11.5. The van der Waals surface area contributed by atoms with Crippen LogP contribution >= 0.6 is 19.3 Å². The van der Waals surface area contributed by atoms with Crippen LogP contribution in [0, 0.1) is 62.2 Å². The number of hydrogen-bond acceptors (Lipinski definition) is 3. The van der Waals surface area contributed by atoms with Gasteiger partial charge < -0.3 is 17.8 Å². The van der Waals surface area contributed by atoms with E-state index in [1.807, 2.05) is 26.2 Å². The zero-order chi connectivity index (χ0) is 11.6. The summed E-state index contributed by atoms with van der Waals surface area (Å²) >= 11 is 0. The van der Waals surface area contributed by atoms with E-state index in [1.54, 1.807) is 13.1 Å². The minimum atomic E-state index is -2.74. The van der Waals surface area contributed by atoms with E-state index in [0.717, 1.165) is 0 Å². The van der Waals surface area contributed by atoms with Gasteiger partial charge in [0.25, 0.3) is 0 Å². The zero-order valence-corrected chi connectivity index (χ0v) is 25.4. The molecule has 0 saturated heterocycles. The summed E-state index contributed by atoms with van der Waals surface area (Å²) < 4.78 is 15.5. The molecule has 0 aliphatic carbocycles. The van der Waals surface area contributed by atoms with Crippen molar-refractivity contribution in [2.24, 2.45) is 0 Å². The maximum Gasteiger partial charge on any atom is 0.309 e. The SMILES string of the molecule is C[Si](C)([O-])O[Si](C)(C)O[Si](C)(C)[N-]P.P.[U].[U]. The van der Waals surface area contributed by atoms with Gasteiger partial charge in [-0.1, -0.05) is 26.2 Å². The summed E-state index contributed by atoms with van der Waals surface area (Å²) in [6.07, 6.45) is 0. The van der Waals surface area contributed by atoms with E-state index < -0.39 is 25.6 Å². The van der Waals surface area contributed by atoms with Crippen LogP contribution in [0.1, 0.15) is 0 Å². The first kappa shape index (κ1) is 28.6. The molecule has 0 saturated carbocycles. The van der Waals surface area contributed by atoms with E-state index in [-0.39, 0.29) is 72.1 Å². The van der Waals surface area contributed by atoms with Gasteiger partial charge in [0.1, 0.15) is 0 Å². The molecule has 0 aliphatic heterocycles. The molecular formula is C6H23NO3P2Si3U2-2. The van der Waals surface area contributed by atoms with Crippen molar-refractivity contribution in [2.75, 3.05) is 0 Å². The number of hydrogen-bond donors (Lipinski definition) is 0. The third-order valence-corrected chi connectivity index (χ3v) is 11.7. The smallest absolute Gasteiger partial charge is 0.309 e. The van der Waals surface area contributed by atoms with Gasteiger partial charge in [0.15, 0.2) is 0 Å². The van der Waals surface area contributed by atoms with Crippen LogP contribution in [-0.4, -0.2) is 25.6 Å². The first-order valence-corrected chi connectivity index (χ1v) is 13.5. The maximum absolute atomic E-state index is 11.5. The van der Waals surface area contributed by atoms with E-state index in [4.69, 9.17) is 8.23 Å². The van der Waals surface area contributed by atoms with Crippen LogP contribution < -0.4 is 4.80 Å². The van der Waals surface area contributed by atoms with Crippen molar-refractivity contribution >= 4 is 44.9 Å². The average molecular weight is 780 g/mol. The van der Waals surface area contributed by atoms with Gasteiger partial charge in [0.2, 0.25) is 0 Å². The normalized spacial score (nSPS) is 12.0. The molecule has 0 fully saturated rings. The Balaban J connectivity index is -0.000000282. The summed E-state index contributed by atoms with van der Waals surface area (Å²) in [6, 6.07) is 0. The topological polar surface area (TPSA) is 55.6 Å². The third-order valence-electron chi connectivity index (χ3n) is 1.30. The van der Waals surface area contributed by atoms with Crippen LogP contribution in [0.5, 0.6) is 0 Å². The Bertz CT molecular complexity index is 207. The van der Waals surface area contributed by atoms with E-state index in [9.17, 15) is 4.80 Å². The second-order valence-electron chi connectivity index (χ2n) is 4.58. The van der Waals surface area contributed by atoms with Crippen LogP contribution in [0.4, 0.5) is 0 Å². The van der Waals surface area contributed by atoms with Crippen molar-refractivity contribution < 1.29 is 75.3 Å². The van der Waals surface area contributed by atoms with Gasteiger partial charge in [0, 0.05) is 62.2 Å². The van der Waals surface area contributed by atoms with Gasteiger partial charge in [-0.3, -0.25) is 9.39 Å². The van der Waals surface area contributed by atoms with Gasteiger partial charge in [-0.05, 0) is 13.1 Å². The molecular weight excluding hydrogens is 756 g/mol. The monoisotopic (exact) mass is 779 g/mol. The Morgan fingerprint density at radius 1 is 0.941 bits per heavy atom. The Labute approximate surface area is 162 Å². The Hall–Kier alpha value is 3.45. The van der Waals surface area contributed by atoms with E-state index in [0.29, 0.717) is 0 Å². The molecule has 0 N–H and O–H groups in total. The van der Waals surface area contributed by atoms with E-state index >= 15 is 0 Å². The predicted octanol–water partition coefficient (Wildman–Crippen LogP) is 1.71. The Kier molecular flexibility index (Phi) is 18.6. The quantitative estimate of drug-likeness (QED) is 0.316. The van der Waals surface area contributed by atoms with E-state index in [2.05, 4.69) is 14.1 Å². The minimum Gasteiger partial charge on any atom is -0.839 e. The summed E-state index contributed by atoms with van der Waals surface area (Å²) in [7, 11) is -4.70. The van der Waals surface area contributed by atoms with Gasteiger partial charge in [0.05, 0.1) is 17.0 Å². The molecule has 4 nitrogen and oxygen atoms in total. The molecule has 0 aromatic rings.